The van der Waals surface area contributed by atoms with Gasteiger partial charge >= 0.3 is 0 Å². The third kappa shape index (κ3) is 0. The van der Waals surface area contributed by atoms with Gasteiger partial charge in [-0.05, 0) is 53.3 Å². The standard InChI is InChI=1S/9C4H10/c9*1-4(2)3/h9*4H,1-3H3. The van der Waals surface area contributed by atoms with Crippen LogP contribution in [-0.2, 0) is 0 Å². The predicted molar refractivity (Wildman–Crippen MR) is 185 cm³/mol. The fourth-order valence-electron chi connectivity index (χ4n) is 0. The number of rotatable bonds is 0. The van der Waals surface area contributed by atoms with Crippen LogP contribution in [0.3, 0.4) is 0 Å². The molecule has 0 N–H and O–H groups in total. The van der Waals surface area contributed by atoms with Crippen LogP contribution < -0.4 is 0 Å². The second-order valence-corrected chi connectivity index (χ2v) is 15.6. The molecule has 0 nitrogen and oxygen atoms in total. The molecular formula is C36H90. The Morgan fingerprint density at radius 2 is 0.111 bits per heavy atom. The van der Waals surface area contributed by atoms with Crippen LogP contribution >= 0.6 is 0 Å². The average Bonchev–Trinajstić information content (AvgIpc) is 2.39. The number of hydrogen-bond acceptors (Lipinski definition) is 0. The Morgan fingerprint density at radius 3 is 0.111 bits per heavy atom. The summed E-state index contributed by atoms with van der Waals surface area (Å²) in [6.45, 7) is 58.5. The first-order chi connectivity index (χ1) is 15.6. The molecule has 0 bridgehead atoms. The lowest BCUT2D eigenvalue weighted by Gasteiger charge is -1.79. The van der Waals surface area contributed by atoms with E-state index in [1.165, 1.54) is 0 Å². The molecule has 0 saturated carbocycles. The highest BCUT2D eigenvalue weighted by atomic mass is 13.8. The van der Waals surface area contributed by atoms with Gasteiger partial charge in [-0.1, -0.05) is 187 Å². The van der Waals surface area contributed by atoms with E-state index in [2.05, 4.69) is 187 Å². The van der Waals surface area contributed by atoms with E-state index in [4.69, 9.17) is 0 Å². The van der Waals surface area contributed by atoms with Crippen molar-refractivity contribution in [1.82, 2.24) is 0 Å². The Hall–Kier alpha value is 0. The molecule has 0 fully saturated rings. The zero-order valence-electron chi connectivity index (χ0n) is 32.2. The second-order valence-electron chi connectivity index (χ2n) is 15.6. The largest absolute Gasteiger partial charge is 0.0630 e. The molecule has 234 valence electrons. The van der Waals surface area contributed by atoms with Gasteiger partial charge in [0.15, 0.2) is 0 Å². The van der Waals surface area contributed by atoms with Gasteiger partial charge in [0.25, 0.3) is 0 Å². The first-order valence-corrected chi connectivity index (χ1v) is 15.6. The first-order valence-electron chi connectivity index (χ1n) is 15.6. The molecule has 0 aromatic carbocycles. The van der Waals surface area contributed by atoms with Gasteiger partial charge in [-0.3, -0.25) is 0 Å². The molecule has 0 rings (SSSR count). The van der Waals surface area contributed by atoms with Crippen LogP contribution in [0.1, 0.15) is 187 Å². The first kappa shape index (κ1) is 60.5. The SMILES string of the molecule is CC(C)C.CC(C)C.CC(C)C.CC(C)C.CC(C)C.CC(C)C.CC(C)C.CC(C)C.CC(C)C. The summed E-state index contributed by atoms with van der Waals surface area (Å²) in [5, 5.41) is 0. The van der Waals surface area contributed by atoms with Crippen LogP contribution in [0.5, 0.6) is 0 Å². The minimum atomic E-state index is 0.833. The van der Waals surface area contributed by atoms with Crippen molar-refractivity contribution in [3.05, 3.63) is 0 Å². The summed E-state index contributed by atoms with van der Waals surface area (Å²) in [7, 11) is 0. The van der Waals surface area contributed by atoms with E-state index in [0.29, 0.717) is 0 Å². The van der Waals surface area contributed by atoms with Crippen LogP contribution in [0, 0.1) is 53.3 Å². The van der Waals surface area contributed by atoms with Crippen molar-refractivity contribution in [1.29, 1.82) is 0 Å². The van der Waals surface area contributed by atoms with Crippen LogP contribution in [0.15, 0.2) is 0 Å². The fraction of sp³-hybridized carbons (Fsp3) is 1.00. The van der Waals surface area contributed by atoms with E-state index < -0.39 is 0 Å². The van der Waals surface area contributed by atoms with E-state index in [0.717, 1.165) is 53.3 Å². The fourth-order valence-corrected chi connectivity index (χ4v) is 0. The predicted octanol–water partition coefficient (Wildman–Crippen LogP) is 15.0. The van der Waals surface area contributed by atoms with Crippen molar-refractivity contribution in [2.75, 3.05) is 0 Å². The summed E-state index contributed by atoms with van der Waals surface area (Å²) >= 11 is 0. The minimum Gasteiger partial charge on any atom is -0.0630 e. The summed E-state index contributed by atoms with van der Waals surface area (Å²) < 4.78 is 0. The molecule has 0 spiro atoms. The average molecular weight is 523 g/mol. The van der Waals surface area contributed by atoms with Crippen molar-refractivity contribution in [3.8, 4) is 0 Å². The molecule has 0 aliphatic heterocycles. The zero-order chi connectivity index (χ0) is 32.2. The summed E-state index contributed by atoms with van der Waals surface area (Å²) in [5.74, 6) is 7.50. The van der Waals surface area contributed by atoms with Gasteiger partial charge in [0.05, 0.1) is 0 Å². The van der Waals surface area contributed by atoms with Crippen molar-refractivity contribution >= 4 is 0 Å². The number of hydrogen-bond donors (Lipinski definition) is 0. The quantitative estimate of drug-likeness (QED) is 0.296. The molecule has 0 atom stereocenters. The van der Waals surface area contributed by atoms with Crippen LogP contribution in [0.2, 0.25) is 0 Å². The maximum Gasteiger partial charge on any atom is -0.0500 e. The van der Waals surface area contributed by atoms with Crippen molar-refractivity contribution in [2.45, 2.75) is 187 Å². The molecule has 0 amide bonds. The van der Waals surface area contributed by atoms with E-state index in [1.54, 1.807) is 0 Å². The van der Waals surface area contributed by atoms with Crippen LogP contribution in [-0.4, -0.2) is 0 Å². The van der Waals surface area contributed by atoms with Gasteiger partial charge in [-0.25, -0.2) is 0 Å². The molecule has 0 aliphatic carbocycles. The highest BCUT2D eigenvalue weighted by Crippen LogP contribution is 1.84. The third-order valence-corrected chi connectivity index (χ3v) is 0. The smallest absolute Gasteiger partial charge is 0.0500 e. The minimum absolute atomic E-state index is 0.833. The summed E-state index contributed by atoms with van der Waals surface area (Å²) in [6, 6.07) is 0. The molecule has 0 aromatic heterocycles. The molecule has 0 heterocycles. The third-order valence-electron chi connectivity index (χ3n) is 0. The molecule has 36 heavy (non-hydrogen) atoms. The van der Waals surface area contributed by atoms with E-state index >= 15 is 0 Å². The highest BCUT2D eigenvalue weighted by molar-refractivity contribution is 4.23. The Kier molecular flexibility index (Phi) is 93.3. The lowest BCUT2D eigenvalue weighted by molar-refractivity contribution is 0.736. The Morgan fingerprint density at radius 1 is 0.111 bits per heavy atom. The lowest BCUT2D eigenvalue weighted by Crippen LogP contribution is -1.66. The van der Waals surface area contributed by atoms with E-state index in [1.807, 2.05) is 0 Å². The van der Waals surface area contributed by atoms with Crippen LogP contribution in [0.4, 0.5) is 0 Å². The van der Waals surface area contributed by atoms with E-state index in [-0.39, 0.29) is 0 Å². The molecule has 0 unspecified atom stereocenters. The molecule has 0 heteroatoms. The van der Waals surface area contributed by atoms with Gasteiger partial charge in [0, 0.05) is 0 Å². The Bertz CT molecular complexity index is 128. The summed E-state index contributed by atoms with van der Waals surface area (Å²) in [6.07, 6.45) is 0. The van der Waals surface area contributed by atoms with E-state index in [9.17, 15) is 0 Å². The van der Waals surface area contributed by atoms with Crippen LogP contribution in [0.25, 0.3) is 0 Å². The lowest BCUT2D eigenvalue weighted by atomic mass is 10.3. The monoisotopic (exact) mass is 523 g/mol. The second kappa shape index (κ2) is 55.5. The molecule has 0 saturated heterocycles. The normalized spacial score (nSPS) is 9.00. The van der Waals surface area contributed by atoms with Crippen molar-refractivity contribution in [3.63, 3.8) is 0 Å². The summed E-state index contributed by atoms with van der Waals surface area (Å²) in [4.78, 5) is 0. The summed E-state index contributed by atoms with van der Waals surface area (Å²) in [5.41, 5.74) is 0. The van der Waals surface area contributed by atoms with Gasteiger partial charge < -0.3 is 0 Å². The van der Waals surface area contributed by atoms with Gasteiger partial charge in [0.2, 0.25) is 0 Å². The van der Waals surface area contributed by atoms with Gasteiger partial charge in [0.1, 0.15) is 0 Å². The topological polar surface area (TPSA) is 0 Å². The molecule has 0 aromatic rings. The molecule has 0 radical (unpaired) electrons. The van der Waals surface area contributed by atoms with Gasteiger partial charge in [-0.15, -0.1) is 0 Å². The molecule has 0 aliphatic rings. The molecular weight excluding hydrogens is 432 g/mol. The maximum absolute atomic E-state index is 2.17. The zero-order valence-corrected chi connectivity index (χ0v) is 32.2. The highest BCUT2D eigenvalue weighted by Gasteiger charge is 1.71. The van der Waals surface area contributed by atoms with Crippen molar-refractivity contribution < 1.29 is 0 Å². The Labute approximate surface area is 240 Å². The maximum atomic E-state index is 2.17. The van der Waals surface area contributed by atoms with Gasteiger partial charge in [-0.2, -0.15) is 0 Å². The Balaban J connectivity index is -0.0000000325. The van der Waals surface area contributed by atoms with Crippen molar-refractivity contribution in [2.24, 2.45) is 53.3 Å².